The zero-order valence-corrected chi connectivity index (χ0v) is 16.3. The minimum Gasteiger partial charge on any atom is -0.405 e. The minimum absolute atomic E-state index is 0.0539. The first kappa shape index (κ1) is 17.8. The van der Waals surface area contributed by atoms with Gasteiger partial charge in [-0.25, -0.2) is 9.00 Å². The van der Waals surface area contributed by atoms with Crippen LogP contribution in [0, 0.1) is 12.8 Å². The van der Waals surface area contributed by atoms with Crippen LogP contribution in [0.15, 0.2) is 38.4 Å². The fourth-order valence-corrected chi connectivity index (χ4v) is 3.79. The van der Waals surface area contributed by atoms with Crippen LogP contribution in [0.5, 0.6) is 0 Å². The van der Waals surface area contributed by atoms with Gasteiger partial charge in [0.2, 0.25) is 0 Å². The Morgan fingerprint density at radius 1 is 1.22 bits per heavy atom. The number of rotatable bonds is 5. The van der Waals surface area contributed by atoms with Crippen LogP contribution >= 0.6 is 0 Å². The molecule has 2 aromatic heterocycles. The summed E-state index contributed by atoms with van der Waals surface area (Å²) in [5.41, 5.74) is 3.81. The highest BCUT2D eigenvalue weighted by atomic mass is 32.2. The Morgan fingerprint density at radius 2 is 1.96 bits per heavy atom. The summed E-state index contributed by atoms with van der Waals surface area (Å²) in [5, 5.41) is 0. The number of nitrogens with zero attached hydrogens (tertiary/aromatic N) is 2. The predicted molar refractivity (Wildman–Crippen MR) is 106 cm³/mol. The van der Waals surface area contributed by atoms with E-state index in [4.69, 9.17) is 4.42 Å². The summed E-state index contributed by atoms with van der Waals surface area (Å²) >= 11 is 0. The quantitative estimate of drug-likeness (QED) is 0.728. The van der Waals surface area contributed by atoms with Gasteiger partial charge in [-0.05, 0) is 55.0 Å². The number of nitrogens with one attached hydrogen (secondary N) is 1. The van der Waals surface area contributed by atoms with Gasteiger partial charge in [0.1, 0.15) is 11.0 Å². The van der Waals surface area contributed by atoms with Crippen LogP contribution < -0.4 is 16.0 Å². The number of hydrogen-bond donors (Lipinski definition) is 1. The molecule has 0 radical (unpaired) electrons. The van der Waals surface area contributed by atoms with Crippen LogP contribution in [0.3, 0.4) is 0 Å². The van der Waals surface area contributed by atoms with Crippen molar-refractivity contribution in [3.05, 3.63) is 50.9 Å². The molecule has 1 saturated carbocycles. The molecule has 0 aliphatic heterocycles. The van der Waals surface area contributed by atoms with Crippen LogP contribution in [-0.2, 0) is 24.6 Å². The Hall–Kier alpha value is -2.61. The monoisotopic (exact) mass is 387 g/mol. The summed E-state index contributed by atoms with van der Waals surface area (Å²) in [4.78, 5) is 24.4. The molecule has 142 valence electrons. The molecular formula is C19H21N3O4S. The summed E-state index contributed by atoms with van der Waals surface area (Å²) in [6, 6.07) is 5.51. The first-order valence-electron chi connectivity index (χ1n) is 8.78. The third kappa shape index (κ3) is 3.37. The second-order valence-corrected chi connectivity index (χ2v) is 8.29. The van der Waals surface area contributed by atoms with Gasteiger partial charge in [0, 0.05) is 31.6 Å². The lowest BCUT2D eigenvalue weighted by Crippen LogP contribution is -2.18. The molecule has 1 fully saturated rings. The Bertz CT molecular complexity index is 1160. The first-order valence-corrected chi connectivity index (χ1v) is 10.3. The Labute approximate surface area is 158 Å². The predicted octanol–water partition coefficient (Wildman–Crippen LogP) is 2.38. The molecule has 1 unspecified atom stereocenters. The van der Waals surface area contributed by atoms with E-state index in [2.05, 4.69) is 4.72 Å². The van der Waals surface area contributed by atoms with Crippen molar-refractivity contribution >= 4 is 27.8 Å². The molecule has 1 aliphatic carbocycles. The summed E-state index contributed by atoms with van der Waals surface area (Å²) in [6.07, 6.45) is 5.51. The Kier molecular flexibility index (Phi) is 4.30. The summed E-state index contributed by atoms with van der Waals surface area (Å²) < 4.78 is 23.3. The van der Waals surface area contributed by atoms with E-state index in [-0.39, 0.29) is 5.56 Å². The number of hydrogen-bond acceptors (Lipinski definition) is 4. The molecule has 1 aromatic carbocycles. The molecule has 2 heterocycles. The van der Waals surface area contributed by atoms with Crippen molar-refractivity contribution in [2.75, 3.05) is 11.0 Å². The van der Waals surface area contributed by atoms with Crippen molar-refractivity contribution in [2.24, 2.45) is 13.0 Å². The Balaban J connectivity index is 1.96. The van der Waals surface area contributed by atoms with Crippen molar-refractivity contribution in [3.8, 4) is 11.1 Å². The second-order valence-electron chi connectivity index (χ2n) is 7.18. The standard InChI is InChI=1S/C19H21N3O4S/c1-11-6-14(10-21(2)18(11)23)13-7-15(20-27(3)25)17-16(8-13)22(19(24)26-17)9-12-4-5-12/h6-8,10,12,20H,4-5,9H2,1-3H3. The van der Waals surface area contributed by atoms with Crippen LogP contribution in [-0.4, -0.2) is 19.6 Å². The third-order valence-corrected chi connectivity index (χ3v) is 5.36. The lowest BCUT2D eigenvalue weighted by atomic mass is 10.0. The van der Waals surface area contributed by atoms with Crippen LogP contribution in [0.4, 0.5) is 5.69 Å². The second kappa shape index (κ2) is 6.53. The fourth-order valence-electron chi connectivity index (χ4n) is 3.33. The average Bonchev–Trinajstić information content (AvgIpc) is 3.36. The zero-order valence-electron chi connectivity index (χ0n) is 15.4. The van der Waals surface area contributed by atoms with E-state index in [9.17, 15) is 13.8 Å². The van der Waals surface area contributed by atoms with E-state index >= 15 is 0 Å². The number of pyridine rings is 1. The number of oxazole rings is 1. The maximum absolute atomic E-state index is 12.4. The highest BCUT2D eigenvalue weighted by Crippen LogP contribution is 2.34. The minimum atomic E-state index is -1.32. The van der Waals surface area contributed by atoms with Crippen molar-refractivity contribution in [2.45, 2.75) is 26.3 Å². The van der Waals surface area contributed by atoms with Gasteiger partial charge in [0.25, 0.3) is 5.56 Å². The number of aryl methyl sites for hydroxylation is 2. The van der Waals surface area contributed by atoms with Gasteiger partial charge in [-0.3, -0.25) is 9.36 Å². The highest BCUT2D eigenvalue weighted by Gasteiger charge is 2.25. The summed E-state index contributed by atoms with van der Waals surface area (Å²) in [5.74, 6) is 0.0966. The van der Waals surface area contributed by atoms with Gasteiger partial charge in [-0.2, -0.15) is 0 Å². The van der Waals surface area contributed by atoms with Gasteiger partial charge < -0.3 is 13.7 Å². The van der Waals surface area contributed by atoms with Gasteiger partial charge in [0.15, 0.2) is 5.58 Å². The van der Waals surface area contributed by atoms with Gasteiger partial charge in [0.05, 0.1) is 11.2 Å². The molecular weight excluding hydrogens is 366 g/mol. The molecule has 7 nitrogen and oxygen atoms in total. The van der Waals surface area contributed by atoms with E-state index in [1.54, 1.807) is 30.8 Å². The van der Waals surface area contributed by atoms with Gasteiger partial charge in [-0.1, -0.05) is 0 Å². The first-order chi connectivity index (χ1) is 12.8. The SMILES string of the molecule is Cc1cc(-c2cc(NS(C)=O)c3oc(=O)n(CC4CC4)c3c2)cn(C)c1=O. The van der Waals surface area contributed by atoms with Crippen molar-refractivity contribution in [3.63, 3.8) is 0 Å². The van der Waals surface area contributed by atoms with E-state index in [0.29, 0.717) is 34.8 Å². The smallest absolute Gasteiger partial charge is 0.405 e. The third-order valence-electron chi connectivity index (χ3n) is 4.86. The number of aromatic nitrogens is 2. The number of fused-ring (bicyclic) bond motifs is 1. The summed E-state index contributed by atoms with van der Waals surface area (Å²) in [7, 11) is 0.385. The van der Waals surface area contributed by atoms with Crippen molar-refractivity contribution < 1.29 is 8.63 Å². The molecule has 1 aliphatic rings. The lowest BCUT2D eigenvalue weighted by Gasteiger charge is -2.10. The van der Waals surface area contributed by atoms with Gasteiger partial charge in [-0.15, -0.1) is 0 Å². The lowest BCUT2D eigenvalue weighted by molar-refractivity contribution is 0.492. The summed E-state index contributed by atoms with van der Waals surface area (Å²) in [6.45, 7) is 2.39. The molecule has 0 bridgehead atoms. The molecule has 1 atom stereocenters. The van der Waals surface area contributed by atoms with Crippen molar-refractivity contribution in [1.29, 1.82) is 0 Å². The Morgan fingerprint density at radius 3 is 2.59 bits per heavy atom. The van der Waals surface area contributed by atoms with Crippen LogP contribution in [0.25, 0.3) is 22.2 Å². The molecule has 3 aromatic rings. The maximum atomic E-state index is 12.4. The largest absolute Gasteiger partial charge is 0.420 e. The molecule has 8 heteroatoms. The molecule has 4 rings (SSSR count). The maximum Gasteiger partial charge on any atom is 0.420 e. The topological polar surface area (TPSA) is 86.2 Å². The molecule has 1 N–H and O–H groups in total. The molecule has 0 saturated heterocycles. The van der Waals surface area contributed by atoms with E-state index < -0.39 is 16.7 Å². The number of benzene rings is 1. The van der Waals surface area contributed by atoms with E-state index in [1.165, 1.54) is 10.8 Å². The normalized spacial score (nSPS) is 15.2. The van der Waals surface area contributed by atoms with E-state index in [0.717, 1.165) is 24.0 Å². The fraction of sp³-hybridized carbons (Fsp3) is 0.368. The number of anilines is 1. The van der Waals surface area contributed by atoms with Crippen LogP contribution in [0.1, 0.15) is 18.4 Å². The molecule has 0 amide bonds. The van der Waals surface area contributed by atoms with Gasteiger partial charge >= 0.3 is 5.76 Å². The van der Waals surface area contributed by atoms with Crippen molar-refractivity contribution in [1.82, 2.24) is 9.13 Å². The van der Waals surface area contributed by atoms with E-state index in [1.807, 2.05) is 12.1 Å². The highest BCUT2D eigenvalue weighted by molar-refractivity contribution is 7.85. The zero-order chi connectivity index (χ0) is 19.3. The molecule has 0 spiro atoms. The van der Waals surface area contributed by atoms with Crippen LogP contribution in [0.2, 0.25) is 0 Å². The molecule has 27 heavy (non-hydrogen) atoms. The average molecular weight is 387 g/mol.